The second-order valence-corrected chi connectivity index (χ2v) is 10.5. The van der Waals surface area contributed by atoms with E-state index < -0.39 is 41.6 Å². The Morgan fingerprint density at radius 2 is 2.03 bits per heavy atom. The Morgan fingerprint density at radius 3 is 2.57 bits per heavy atom. The smallest absolute Gasteiger partial charge is 0.312 e. The Labute approximate surface area is 186 Å². The average molecular weight is 489 g/mol. The number of fused-ring (bicyclic) bond motifs is 1. The first kappa shape index (κ1) is 23.5. The van der Waals surface area contributed by atoms with Crippen molar-refractivity contribution in [3.05, 3.63) is 0 Å². The van der Waals surface area contributed by atoms with Crippen LogP contribution in [0, 0.1) is 17.8 Å². The van der Waals surface area contributed by atoms with Crippen molar-refractivity contribution in [1.82, 2.24) is 10.2 Å². The number of rotatable bonds is 8. The highest BCUT2D eigenvalue weighted by molar-refractivity contribution is 9.09. The monoisotopic (exact) mass is 488 g/mol. The topological polar surface area (TPSA) is 105 Å². The summed E-state index contributed by atoms with van der Waals surface area (Å²) in [6, 6.07) is -1.56. The van der Waals surface area contributed by atoms with Crippen molar-refractivity contribution < 1.29 is 29.0 Å². The van der Waals surface area contributed by atoms with Crippen LogP contribution in [-0.4, -0.2) is 75.7 Å². The minimum atomic E-state index is -1.11. The van der Waals surface area contributed by atoms with Crippen molar-refractivity contribution >= 4 is 33.7 Å². The summed E-state index contributed by atoms with van der Waals surface area (Å²) in [5.41, 5.74) is -1.11. The first-order valence-electron chi connectivity index (χ1n) is 10.8. The Kier molecular flexibility index (Phi) is 6.84. The quantitative estimate of drug-likeness (QED) is 0.393. The van der Waals surface area contributed by atoms with E-state index in [2.05, 4.69) is 21.2 Å². The molecule has 8 nitrogen and oxygen atoms in total. The van der Waals surface area contributed by atoms with E-state index in [4.69, 9.17) is 9.47 Å². The van der Waals surface area contributed by atoms with Gasteiger partial charge in [0.05, 0.1) is 37.2 Å². The van der Waals surface area contributed by atoms with E-state index >= 15 is 0 Å². The molecular weight excluding hydrogens is 456 g/mol. The number of esters is 1. The van der Waals surface area contributed by atoms with Crippen molar-refractivity contribution in [2.75, 3.05) is 13.2 Å². The van der Waals surface area contributed by atoms with E-state index in [9.17, 15) is 19.5 Å². The molecule has 7 atom stereocenters. The fourth-order valence-electron chi connectivity index (χ4n) is 5.45. The number of hydrogen-bond donors (Lipinski definition) is 2. The van der Waals surface area contributed by atoms with Gasteiger partial charge in [0.15, 0.2) is 0 Å². The third-order valence-corrected chi connectivity index (χ3v) is 7.16. The van der Waals surface area contributed by atoms with Gasteiger partial charge in [-0.2, -0.15) is 0 Å². The lowest BCUT2D eigenvalue weighted by molar-refractivity contribution is -0.155. The number of carbonyl (C=O) groups excluding carboxylic acids is 3. The third-order valence-electron chi connectivity index (χ3n) is 6.31. The van der Waals surface area contributed by atoms with Gasteiger partial charge in [0.1, 0.15) is 11.6 Å². The van der Waals surface area contributed by atoms with Gasteiger partial charge in [-0.1, -0.05) is 29.8 Å². The van der Waals surface area contributed by atoms with Crippen LogP contribution in [0.25, 0.3) is 0 Å². The SMILES string of the molecule is CCOC(=O)[C@H]1[C@H]2C(=O)N([C@@H](CO)CC(C)C)C(C(=O)NC(C)C)C23CC(Br)[C@@H]1O3. The molecule has 3 aliphatic heterocycles. The molecule has 0 aliphatic carbocycles. The lowest BCUT2D eigenvalue weighted by atomic mass is 9.70. The Hall–Kier alpha value is -1.19. The van der Waals surface area contributed by atoms with Crippen LogP contribution >= 0.6 is 15.9 Å². The fourth-order valence-corrected chi connectivity index (χ4v) is 6.39. The number of nitrogens with zero attached hydrogens (tertiary/aromatic N) is 1. The molecule has 0 aromatic heterocycles. The van der Waals surface area contributed by atoms with Gasteiger partial charge in [0, 0.05) is 10.9 Å². The lowest BCUT2D eigenvalue weighted by Crippen LogP contribution is -2.59. The number of carbonyl (C=O) groups is 3. The molecule has 2 amide bonds. The summed E-state index contributed by atoms with van der Waals surface area (Å²) in [5, 5.41) is 13.0. The minimum absolute atomic E-state index is 0.123. The third kappa shape index (κ3) is 3.66. The number of alkyl halides is 1. The number of aliphatic hydroxyl groups is 1. The van der Waals surface area contributed by atoms with Crippen LogP contribution in [0.2, 0.25) is 0 Å². The zero-order valence-electron chi connectivity index (χ0n) is 18.3. The van der Waals surface area contributed by atoms with Crippen LogP contribution in [0.4, 0.5) is 0 Å². The van der Waals surface area contributed by atoms with Crippen molar-refractivity contribution in [1.29, 1.82) is 0 Å². The van der Waals surface area contributed by atoms with Crippen LogP contribution < -0.4 is 5.32 Å². The Balaban J connectivity index is 2.08. The number of halogens is 1. The highest BCUT2D eigenvalue weighted by Crippen LogP contribution is 2.60. The summed E-state index contributed by atoms with van der Waals surface area (Å²) in [7, 11) is 0. The van der Waals surface area contributed by atoms with Crippen LogP contribution in [-0.2, 0) is 23.9 Å². The maximum absolute atomic E-state index is 13.7. The number of amides is 2. The maximum Gasteiger partial charge on any atom is 0.312 e. The molecule has 9 heteroatoms. The number of likely N-dealkylation sites (tertiary alicyclic amines) is 1. The van der Waals surface area contributed by atoms with Gasteiger partial charge in [-0.3, -0.25) is 14.4 Å². The van der Waals surface area contributed by atoms with Gasteiger partial charge in [0.25, 0.3) is 0 Å². The summed E-state index contributed by atoms with van der Waals surface area (Å²) in [6.07, 6.45) is 0.463. The Bertz CT molecular complexity index is 701. The molecule has 2 bridgehead atoms. The van der Waals surface area contributed by atoms with E-state index in [-0.39, 0.29) is 41.8 Å². The van der Waals surface area contributed by atoms with Crippen molar-refractivity contribution in [3.63, 3.8) is 0 Å². The summed E-state index contributed by atoms with van der Waals surface area (Å²) < 4.78 is 11.6. The van der Waals surface area contributed by atoms with Gasteiger partial charge in [-0.25, -0.2) is 0 Å². The zero-order valence-corrected chi connectivity index (χ0v) is 19.8. The zero-order chi connectivity index (χ0) is 22.4. The van der Waals surface area contributed by atoms with Crippen LogP contribution in [0.1, 0.15) is 47.5 Å². The number of hydrogen-bond acceptors (Lipinski definition) is 6. The van der Waals surface area contributed by atoms with Crippen molar-refractivity contribution in [3.8, 4) is 0 Å². The minimum Gasteiger partial charge on any atom is -0.466 e. The first-order valence-corrected chi connectivity index (χ1v) is 11.7. The number of nitrogens with one attached hydrogen (secondary N) is 1. The van der Waals surface area contributed by atoms with Crippen molar-refractivity contribution in [2.24, 2.45) is 17.8 Å². The molecule has 3 aliphatic rings. The molecule has 3 unspecified atom stereocenters. The van der Waals surface area contributed by atoms with Crippen LogP contribution in [0.5, 0.6) is 0 Å². The molecule has 3 heterocycles. The largest absolute Gasteiger partial charge is 0.466 e. The van der Waals surface area contributed by atoms with Gasteiger partial charge in [0.2, 0.25) is 11.8 Å². The predicted molar refractivity (Wildman–Crippen MR) is 113 cm³/mol. The maximum atomic E-state index is 13.7. The molecule has 0 saturated carbocycles. The van der Waals surface area contributed by atoms with E-state index in [0.29, 0.717) is 12.8 Å². The van der Waals surface area contributed by atoms with Gasteiger partial charge in [-0.05, 0) is 39.5 Å². The number of ether oxygens (including phenoxy) is 2. The standard InChI is InChI=1S/C21H33BrN2O6/c1-6-29-20(28)14-15-19(27)24(12(9-25)7-10(2)3)17(18(26)23-11(4)5)21(15)8-13(22)16(14)30-21/h10-17,25H,6-9H2,1-5H3,(H,23,26)/t12-,13?,14+,15+,16+,17?,21?/m1/s1. The van der Waals surface area contributed by atoms with Gasteiger partial charge >= 0.3 is 5.97 Å². The molecule has 2 N–H and O–H groups in total. The van der Waals surface area contributed by atoms with Gasteiger partial charge < -0.3 is 24.8 Å². The van der Waals surface area contributed by atoms with E-state index in [1.165, 1.54) is 4.90 Å². The molecule has 1 spiro atoms. The second-order valence-electron chi connectivity index (χ2n) is 9.29. The molecular formula is C21H33BrN2O6. The highest BCUT2D eigenvalue weighted by atomic mass is 79.9. The first-order chi connectivity index (χ1) is 14.1. The van der Waals surface area contributed by atoms with Crippen molar-refractivity contribution in [2.45, 2.75) is 82.1 Å². The molecule has 170 valence electrons. The second kappa shape index (κ2) is 8.74. The van der Waals surface area contributed by atoms with E-state index in [1.807, 2.05) is 27.7 Å². The predicted octanol–water partition coefficient (Wildman–Crippen LogP) is 1.23. The summed E-state index contributed by atoms with van der Waals surface area (Å²) in [5.74, 6) is -2.44. The highest BCUT2D eigenvalue weighted by Gasteiger charge is 2.77. The van der Waals surface area contributed by atoms with Crippen LogP contribution in [0.15, 0.2) is 0 Å². The molecule has 0 radical (unpaired) electrons. The Morgan fingerprint density at radius 1 is 1.37 bits per heavy atom. The molecule has 30 heavy (non-hydrogen) atoms. The molecule has 0 aromatic carbocycles. The molecule has 3 saturated heterocycles. The fraction of sp³-hybridized carbons (Fsp3) is 0.857. The molecule has 0 aromatic rings. The van der Waals surface area contributed by atoms with Crippen LogP contribution in [0.3, 0.4) is 0 Å². The number of aliphatic hydroxyl groups excluding tert-OH is 1. The van der Waals surface area contributed by atoms with E-state index in [1.54, 1.807) is 6.92 Å². The van der Waals surface area contributed by atoms with Gasteiger partial charge in [-0.15, -0.1) is 0 Å². The summed E-state index contributed by atoms with van der Waals surface area (Å²) in [4.78, 5) is 41.2. The average Bonchev–Trinajstić information content (AvgIpc) is 3.22. The molecule has 3 rings (SSSR count). The van der Waals surface area contributed by atoms with E-state index in [0.717, 1.165) is 0 Å². The summed E-state index contributed by atoms with van der Waals surface area (Å²) in [6.45, 7) is 9.38. The molecule has 3 fully saturated rings. The normalized spacial score (nSPS) is 35.8. The summed E-state index contributed by atoms with van der Waals surface area (Å²) >= 11 is 3.60. The lowest BCUT2D eigenvalue weighted by Gasteiger charge is -2.37.